The van der Waals surface area contributed by atoms with Crippen LogP contribution in [0.1, 0.15) is 12.6 Å². The van der Waals surface area contributed by atoms with Gasteiger partial charge in [-0.3, -0.25) is 4.90 Å². The molecule has 0 saturated carbocycles. The van der Waals surface area contributed by atoms with E-state index in [4.69, 9.17) is 10.00 Å². The molecule has 0 bridgehead atoms. The van der Waals surface area contributed by atoms with Crippen molar-refractivity contribution in [2.45, 2.75) is 17.9 Å². The van der Waals surface area contributed by atoms with Crippen molar-refractivity contribution in [1.29, 1.82) is 5.26 Å². The number of ether oxygens (including phenoxy) is 1. The molecular weight excluding hydrogens is 292 g/mol. The van der Waals surface area contributed by atoms with Gasteiger partial charge in [-0.2, -0.15) is 5.26 Å². The lowest BCUT2D eigenvalue weighted by Crippen LogP contribution is -2.47. The van der Waals surface area contributed by atoms with E-state index in [9.17, 15) is 8.42 Å². The predicted octanol–water partition coefficient (Wildman–Crippen LogP) is -0.0477. The van der Waals surface area contributed by atoms with Gasteiger partial charge < -0.3 is 4.74 Å². The first-order valence-corrected chi connectivity index (χ1v) is 8.23. The smallest absolute Gasteiger partial charge is 0.242 e. The summed E-state index contributed by atoms with van der Waals surface area (Å²) in [7, 11) is -3.63. The molecule has 1 atom stereocenters. The van der Waals surface area contributed by atoms with Gasteiger partial charge in [-0.15, -0.1) is 0 Å². The number of sulfonamides is 1. The molecule has 1 aromatic heterocycles. The molecule has 21 heavy (non-hydrogen) atoms. The summed E-state index contributed by atoms with van der Waals surface area (Å²) in [6, 6.07) is 4.60. The first kappa shape index (κ1) is 15.9. The average Bonchev–Trinajstić information content (AvgIpc) is 2.53. The molecule has 0 aromatic carbocycles. The van der Waals surface area contributed by atoms with E-state index in [-0.39, 0.29) is 23.2 Å². The molecule has 1 aromatic rings. The van der Waals surface area contributed by atoms with Crippen molar-refractivity contribution >= 4 is 10.0 Å². The summed E-state index contributed by atoms with van der Waals surface area (Å²) in [5.74, 6) is 0. The number of morpholine rings is 1. The third-order valence-corrected chi connectivity index (χ3v) is 4.74. The Morgan fingerprint density at radius 2 is 2.38 bits per heavy atom. The topological polar surface area (TPSA) is 95.3 Å². The van der Waals surface area contributed by atoms with Gasteiger partial charge in [0.25, 0.3) is 0 Å². The molecule has 2 rings (SSSR count). The molecule has 1 unspecified atom stereocenters. The number of likely N-dealkylation sites (N-methyl/N-ethyl adjacent to an activating group) is 1. The first-order valence-electron chi connectivity index (χ1n) is 6.75. The van der Waals surface area contributed by atoms with Crippen molar-refractivity contribution in [3.63, 3.8) is 0 Å². The zero-order valence-electron chi connectivity index (χ0n) is 11.8. The molecule has 0 radical (unpaired) electrons. The van der Waals surface area contributed by atoms with E-state index in [2.05, 4.69) is 21.5 Å². The fraction of sp³-hybridized carbons (Fsp3) is 0.538. The van der Waals surface area contributed by atoms with Gasteiger partial charge in [-0.1, -0.05) is 6.92 Å². The highest BCUT2D eigenvalue weighted by atomic mass is 32.2. The average molecular weight is 310 g/mol. The summed E-state index contributed by atoms with van der Waals surface area (Å²) in [5.41, 5.74) is 0.183. The van der Waals surface area contributed by atoms with Crippen LogP contribution in [0.3, 0.4) is 0 Å². The second kappa shape index (κ2) is 6.95. The van der Waals surface area contributed by atoms with Crippen molar-refractivity contribution in [2.75, 3.05) is 32.8 Å². The van der Waals surface area contributed by atoms with E-state index in [0.29, 0.717) is 13.2 Å². The summed E-state index contributed by atoms with van der Waals surface area (Å²) in [6.45, 7) is 5.41. The lowest BCUT2D eigenvalue weighted by atomic mass is 10.3. The summed E-state index contributed by atoms with van der Waals surface area (Å²) in [4.78, 5) is 6.02. The number of hydrogen-bond donors (Lipinski definition) is 1. The van der Waals surface area contributed by atoms with Crippen LogP contribution in [0.2, 0.25) is 0 Å². The maximum absolute atomic E-state index is 12.1. The van der Waals surface area contributed by atoms with Crippen LogP contribution in [0.15, 0.2) is 23.2 Å². The summed E-state index contributed by atoms with van der Waals surface area (Å²) < 4.78 is 32.3. The third-order valence-electron chi connectivity index (χ3n) is 3.33. The predicted molar refractivity (Wildman–Crippen MR) is 76.0 cm³/mol. The molecule has 0 aliphatic carbocycles. The Labute approximate surface area is 124 Å². The Balaban J connectivity index is 1.96. The van der Waals surface area contributed by atoms with Crippen LogP contribution in [-0.4, -0.2) is 57.2 Å². The third kappa shape index (κ3) is 4.22. The molecule has 2 heterocycles. The fourth-order valence-corrected chi connectivity index (χ4v) is 3.09. The number of pyridine rings is 1. The van der Waals surface area contributed by atoms with Gasteiger partial charge in [0, 0.05) is 25.8 Å². The Morgan fingerprint density at radius 1 is 1.57 bits per heavy atom. The normalized spacial score (nSPS) is 20.1. The number of aromatic nitrogens is 1. The minimum Gasteiger partial charge on any atom is -0.374 e. The van der Waals surface area contributed by atoms with E-state index >= 15 is 0 Å². The second-order valence-electron chi connectivity index (χ2n) is 4.73. The molecule has 0 spiro atoms. The van der Waals surface area contributed by atoms with Crippen molar-refractivity contribution in [3.8, 4) is 6.07 Å². The van der Waals surface area contributed by atoms with Crippen LogP contribution in [0.5, 0.6) is 0 Å². The van der Waals surface area contributed by atoms with Crippen LogP contribution >= 0.6 is 0 Å². The van der Waals surface area contributed by atoms with Gasteiger partial charge in [0.2, 0.25) is 10.0 Å². The van der Waals surface area contributed by atoms with Gasteiger partial charge >= 0.3 is 0 Å². The Hall–Kier alpha value is -1.53. The van der Waals surface area contributed by atoms with Crippen LogP contribution < -0.4 is 4.72 Å². The maximum Gasteiger partial charge on any atom is 0.242 e. The molecule has 114 valence electrons. The van der Waals surface area contributed by atoms with Gasteiger partial charge in [-0.25, -0.2) is 18.1 Å². The largest absolute Gasteiger partial charge is 0.374 e. The highest BCUT2D eigenvalue weighted by Gasteiger charge is 2.22. The minimum absolute atomic E-state index is 0.0460. The van der Waals surface area contributed by atoms with E-state index in [0.717, 1.165) is 13.1 Å². The standard InChI is InChI=1S/C13H18N4O3S/c1-2-17-5-6-20-12(10-17)8-16-21(18,19)13-4-3-11(7-14)15-9-13/h3-4,9,12,16H,2,5-6,8,10H2,1H3. The zero-order chi connectivity index (χ0) is 15.3. The van der Waals surface area contributed by atoms with E-state index in [1.54, 1.807) is 0 Å². The van der Waals surface area contributed by atoms with Gasteiger partial charge in [0.1, 0.15) is 16.7 Å². The van der Waals surface area contributed by atoms with Crippen LogP contribution in [-0.2, 0) is 14.8 Å². The fourth-order valence-electron chi connectivity index (χ4n) is 2.08. The Bertz CT molecular complexity index is 609. The minimum atomic E-state index is -3.63. The highest BCUT2D eigenvalue weighted by Crippen LogP contribution is 2.09. The molecular formula is C13H18N4O3S. The van der Waals surface area contributed by atoms with Gasteiger partial charge in [-0.05, 0) is 18.7 Å². The highest BCUT2D eigenvalue weighted by molar-refractivity contribution is 7.89. The second-order valence-corrected chi connectivity index (χ2v) is 6.50. The number of hydrogen-bond acceptors (Lipinski definition) is 6. The lowest BCUT2D eigenvalue weighted by molar-refractivity contribution is -0.0229. The van der Waals surface area contributed by atoms with Crippen molar-refractivity contribution in [2.24, 2.45) is 0 Å². The molecule has 7 nitrogen and oxygen atoms in total. The van der Waals surface area contributed by atoms with E-state index < -0.39 is 10.0 Å². The van der Waals surface area contributed by atoms with Gasteiger partial charge in [0.05, 0.1) is 12.7 Å². The van der Waals surface area contributed by atoms with Gasteiger partial charge in [0.15, 0.2) is 0 Å². The number of nitriles is 1. The molecule has 8 heteroatoms. The Kier molecular flexibility index (Phi) is 5.25. The molecule has 1 aliphatic heterocycles. The molecule has 0 amide bonds. The zero-order valence-corrected chi connectivity index (χ0v) is 12.6. The van der Waals surface area contributed by atoms with Crippen LogP contribution in [0, 0.1) is 11.3 Å². The first-order chi connectivity index (χ1) is 10.0. The number of nitrogens with one attached hydrogen (secondary N) is 1. The number of rotatable bonds is 5. The van der Waals surface area contributed by atoms with Crippen molar-refractivity contribution < 1.29 is 13.2 Å². The molecule has 1 saturated heterocycles. The monoisotopic (exact) mass is 310 g/mol. The lowest BCUT2D eigenvalue weighted by Gasteiger charge is -2.32. The van der Waals surface area contributed by atoms with E-state index in [1.807, 2.05) is 6.07 Å². The van der Waals surface area contributed by atoms with E-state index in [1.165, 1.54) is 18.3 Å². The number of nitrogens with zero attached hydrogens (tertiary/aromatic N) is 3. The van der Waals surface area contributed by atoms with Crippen LogP contribution in [0.25, 0.3) is 0 Å². The molecule has 1 aliphatic rings. The van der Waals surface area contributed by atoms with Crippen molar-refractivity contribution in [3.05, 3.63) is 24.0 Å². The maximum atomic E-state index is 12.1. The summed E-state index contributed by atoms with van der Waals surface area (Å²) in [5, 5.41) is 8.65. The van der Waals surface area contributed by atoms with Crippen LogP contribution in [0.4, 0.5) is 0 Å². The molecule has 1 N–H and O–H groups in total. The summed E-state index contributed by atoms with van der Waals surface area (Å²) >= 11 is 0. The van der Waals surface area contributed by atoms with Crippen molar-refractivity contribution in [1.82, 2.24) is 14.6 Å². The molecule has 1 fully saturated rings. The SMILES string of the molecule is CCN1CCOC(CNS(=O)(=O)c2ccc(C#N)nc2)C1. The quantitative estimate of drug-likeness (QED) is 0.819. The Morgan fingerprint density at radius 3 is 3.00 bits per heavy atom. The summed E-state index contributed by atoms with van der Waals surface area (Å²) in [6.07, 6.45) is 1.03.